The molecule has 2 heterocycles. The van der Waals surface area contributed by atoms with Crippen LogP contribution in [0, 0.1) is 0 Å². The molecule has 1 aromatic rings. The van der Waals surface area contributed by atoms with E-state index in [1.54, 1.807) is 22.9 Å². The van der Waals surface area contributed by atoms with Crippen LogP contribution in [0.4, 0.5) is 10.6 Å². The molecule has 0 radical (unpaired) electrons. The number of amides is 2. The molecule has 1 saturated carbocycles. The number of rotatable bonds is 4. The maximum atomic E-state index is 12.6. The zero-order valence-corrected chi connectivity index (χ0v) is 15.4. The van der Waals surface area contributed by atoms with Crippen LogP contribution in [0.3, 0.4) is 0 Å². The highest BCUT2D eigenvalue weighted by Crippen LogP contribution is 2.21. The van der Waals surface area contributed by atoms with Gasteiger partial charge in [-0.05, 0) is 31.9 Å². The normalized spacial score (nSPS) is 18.5. The topological polar surface area (TPSA) is 74.8 Å². The average Bonchev–Trinajstić information content (AvgIpc) is 2.69. The first-order chi connectivity index (χ1) is 12.7. The second-order valence-electron chi connectivity index (χ2n) is 6.89. The molecule has 3 rings (SSSR count). The molecule has 0 atom stereocenters. The Kier molecular flexibility index (Phi) is 6.30. The van der Waals surface area contributed by atoms with Gasteiger partial charge in [-0.15, -0.1) is 0 Å². The van der Waals surface area contributed by atoms with Gasteiger partial charge in [-0.2, -0.15) is 0 Å². The van der Waals surface area contributed by atoms with E-state index in [9.17, 15) is 9.59 Å². The summed E-state index contributed by atoms with van der Waals surface area (Å²) in [4.78, 5) is 32.2. The van der Waals surface area contributed by atoms with Gasteiger partial charge in [0.15, 0.2) is 0 Å². The third-order valence-corrected chi connectivity index (χ3v) is 5.06. The molecule has 0 unspecified atom stereocenters. The van der Waals surface area contributed by atoms with Crippen molar-refractivity contribution >= 4 is 17.8 Å². The quantitative estimate of drug-likeness (QED) is 0.894. The van der Waals surface area contributed by atoms with Crippen molar-refractivity contribution in [2.75, 3.05) is 38.1 Å². The summed E-state index contributed by atoms with van der Waals surface area (Å²) in [6, 6.07) is 4.21. The van der Waals surface area contributed by atoms with Crippen molar-refractivity contribution in [2.24, 2.45) is 0 Å². The molecule has 1 N–H and O–H groups in total. The summed E-state index contributed by atoms with van der Waals surface area (Å²) < 4.78 is 5.00. The van der Waals surface area contributed by atoms with Gasteiger partial charge in [0, 0.05) is 38.4 Å². The highest BCUT2D eigenvalue weighted by molar-refractivity contribution is 5.94. The molecule has 26 heavy (non-hydrogen) atoms. The van der Waals surface area contributed by atoms with Crippen molar-refractivity contribution in [1.29, 1.82) is 0 Å². The van der Waals surface area contributed by atoms with E-state index in [0.29, 0.717) is 44.4 Å². The molecule has 1 saturated heterocycles. The van der Waals surface area contributed by atoms with Crippen molar-refractivity contribution in [1.82, 2.24) is 14.8 Å². The van der Waals surface area contributed by atoms with Crippen LogP contribution in [0.15, 0.2) is 18.3 Å². The van der Waals surface area contributed by atoms with Crippen LogP contribution >= 0.6 is 0 Å². The number of hydrogen-bond donors (Lipinski definition) is 1. The molecule has 1 aromatic heterocycles. The molecule has 0 spiro atoms. The third kappa shape index (κ3) is 4.65. The number of carbonyl (C=O) groups is 2. The SMILES string of the molecule is CCOC(=O)N1CCN(C(=O)c2ccc(NC3CCCCC3)nc2)CC1. The van der Waals surface area contributed by atoms with Crippen LogP contribution in [-0.4, -0.2) is 65.6 Å². The third-order valence-electron chi connectivity index (χ3n) is 5.06. The maximum Gasteiger partial charge on any atom is 0.409 e. The number of carbonyl (C=O) groups excluding carboxylic acids is 2. The molecule has 142 valence electrons. The number of ether oxygens (including phenoxy) is 1. The monoisotopic (exact) mass is 360 g/mol. The largest absolute Gasteiger partial charge is 0.450 e. The predicted molar refractivity (Wildman–Crippen MR) is 99.2 cm³/mol. The second kappa shape index (κ2) is 8.87. The van der Waals surface area contributed by atoms with Crippen LogP contribution in [0.2, 0.25) is 0 Å². The zero-order chi connectivity index (χ0) is 18.4. The maximum absolute atomic E-state index is 12.6. The molecule has 0 bridgehead atoms. The van der Waals surface area contributed by atoms with Crippen LogP contribution in [0.5, 0.6) is 0 Å². The van der Waals surface area contributed by atoms with Gasteiger partial charge in [-0.1, -0.05) is 19.3 Å². The molecule has 2 aliphatic rings. The Bertz CT molecular complexity index is 606. The van der Waals surface area contributed by atoms with Crippen LogP contribution in [-0.2, 0) is 4.74 Å². The van der Waals surface area contributed by atoms with Crippen molar-refractivity contribution < 1.29 is 14.3 Å². The van der Waals surface area contributed by atoms with Crippen molar-refractivity contribution in [3.63, 3.8) is 0 Å². The Hall–Kier alpha value is -2.31. The Morgan fingerprint density at radius 2 is 1.81 bits per heavy atom. The predicted octanol–water partition coefficient (Wildman–Crippen LogP) is 2.74. The lowest BCUT2D eigenvalue weighted by molar-refractivity contribution is 0.0570. The van der Waals surface area contributed by atoms with E-state index in [1.807, 2.05) is 12.1 Å². The van der Waals surface area contributed by atoms with Gasteiger partial charge >= 0.3 is 6.09 Å². The fraction of sp³-hybridized carbons (Fsp3) is 0.632. The van der Waals surface area contributed by atoms with Crippen LogP contribution < -0.4 is 5.32 Å². The van der Waals surface area contributed by atoms with Gasteiger partial charge in [0.05, 0.1) is 12.2 Å². The van der Waals surface area contributed by atoms with Crippen LogP contribution in [0.25, 0.3) is 0 Å². The van der Waals surface area contributed by atoms with Gasteiger partial charge in [0.1, 0.15) is 5.82 Å². The first-order valence-electron chi connectivity index (χ1n) is 9.61. The average molecular weight is 360 g/mol. The highest BCUT2D eigenvalue weighted by Gasteiger charge is 2.25. The summed E-state index contributed by atoms with van der Waals surface area (Å²) in [5.74, 6) is 0.797. The Labute approximate surface area is 154 Å². The van der Waals surface area contributed by atoms with Crippen molar-refractivity contribution in [2.45, 2.75) is 45.1 Å². The molecular formula is C19H28N4O3. The highest BCUT2D eigenvalue weighted by atomic mass is 16.6. The number of hydrogen-bond acceptors (Lipinski definition) is 5. The minimum atomic E-state index is -0.306. The first kappa shape index (κ1) is 18.5. The lowest BCUT2D eigenvalue weighted by Gasteiger charge is -2.34. The Morgan fingerprint density at radius 1 is 1.12 bits per heavy atom. The van der Waals surface area contributed by atoms with Gasteiger partial charge in [0.25, 0.3) is 5.91 Å². The summed E-state index contributed by atoms with van der Waals surface area (Å²) in [6.07, 6.45) is 7.57. The molecular weight excluding hydrogens is 332 g/mol. The van der Waals surface area contributed by atoms with E-state index in [4.69, 9.17) is 4.74 Å². The zero-order valence-electron chi connectivity index (χ0n) is 15.4. The standard InChI is InChI=1S/C19H28N4O3/c1-2-26-19(25)23-12-10-22(11-13-23)18(24)15-8-9-17(20-14-15)21-16-6-4-3-5-7-16/h8-9,14,16H,2-7,10-13H2,1H3,(H,20,21). The Morgan fingerprint density at radius 3 is 2.42 bits per heavy atom. The van der Waals surface area contributed by atoms with Gasteiger partial charge in [-0.25, -0.2) is 9.78 Å². The summed E-state index contributed by atoms with van der Waals surface area (Å²) >= 11 is 0. The van der Waals surface area contributed by atoms with E-state index in [1.165, 1.54) is 32.1 Å². The molecule has 2 fully saturated rings. The molecule has 1 aliphatic carbocycles. The van der Waals surface area contributed by atoms with Crippen LogP contribution in [0.1, 0.15) is 49.4 Å². The van der Waals surface area contributed by atoms with Crippen molar-refractivity contribution in [3.05, 3.63) is 23.9 Å². The molecule has 2 amide bonds. The van der Waals surface area contributed by atoms with E-state index < -0.39 is 0 Å². The Balaban J connectivity index is 1.51. The summed E-state index contributed by atoms with van der Waals surface area (Å²) in [7, 11) is 0. The number of piperazine rings is 1. The summed E-state index contributed by atoms with van der Waals surface area (Å²) in [6.45, 7) is 4.18. The molecule has 0 aromatic carbocycles. The molecule has 7 nitrogen and oxygen atoms in total. The van der Waals surface area contributed by atoms with E-state index >= 15 is 0 Å². The minimum absolute atomic E-state index is 0.0368. The lowest BCUT2D eigenvalue weighted by Crippen LogP contribution is -2.50. The molecule has 1 aliphatic heterocycles. The van der Waals surface area contributed by atoms with Gasteiger partial charge < -0.3 is 19.9 Å². The number of pyridine rings is 1. The summed E-state index contributed by atoms with van der Waals surface area (Å²) in [5, 5.41) is 3.46. The second-order valence-corrected chi connectivity index (χ2v) is 6.89. The lowest BCUT2D eigenvalue weighted by atomic mass is 9.95. The molecule has 7 heteroatoms. The first-order valence-corrected chi connectivity index (χ1v) is 9.61. The fourth-order valence-corrected chi connectivity index (χ4v) is 3.55. The smallest absolute Gasteiger partial charge is 0.409 e. The van der Waals surface area contributed by atoms with Crippen molar-refractivity contribution in [3.8, 4) is 0 Å². The van der Waals surface area contributed by atoms with Gasteiger partial charge in [-0.3, -0.25) is 4.79 Å². The number of anilines is 1. The number of aromatic nitrogens is 1. The van der Waals surface area contributed by atoms with E-state index in [-0.39, 0.29) is 12.0 Å². The number of nitrogens with one attached hydrogen (secondary N) is 1. The van der Waals surface area contributed by atoms with E-state index in [2.05, 4.69) is 10.3 Å². The van der Waals surface area contributed by atoms with E-state index in [0.717, 1.165) is 5.82 Å². The fourth-order valence-electron chi connectivity index (χ4n) is 3.55. The minimum Gasteiger partial charge on any atom is -0.450 e. The summed E-state index contributed by atoms with van der Waals surface area (Å²) in [5.41, 5.74) is 0.587. The number of nitrogens with zero attached hydrogens (tertiary/aromatic N) is 3. The van der Waals surface area contributed by atoms with Gasteiger partial charge in [0.2, 0.25) is 0 Å².